The standard InChI is InChI=1S/C9H14NO3P/c1-10-14(11,12-2)13-8-9-6-4-3-5-7-9/h3-7H,8H2,1-2H3,(H,10,11). The molecule has 4 nitrogen and oxygen atoms in total. The van der Waals surface area contributed by atoms with E-state index in [4.69, 9.17) is 9.05 Å². The van der Waals surface area contributed by atoms with Gasteiger partial charge in [0.25, 0.3) is 0 Å². The maximum absolute atomic E-state index is 11.6. The van der Waals surface area contributed by atoms with E-state index in [2.05, 4.69) is 5.09 Å². The number of benzene rings is 1. The molecule has 0 radical (unpaired) electrons. The summed E-state index contributed by atoms with van der Waals surface area (Å²) >= 11 is 0. The van der Waals surface area contributed by atoms with E-state index in [0.717, 1.165) is 5.56 Å². The van der Waals surface area contributed by atoms with E-state index in [1.807, 2.05) is 30.3 Å². The lowest BCUT2D eigenvalue weighted by atomic mass is 10.2. The monoisotopic (exact) mass is 215 g/mol. The van der Waals surface area contributed by atoms with E-state index in [1.54, 1.807) is 0 Å². The van der Waals surface area contributed by atoms with Crippen LogP contribution in [0.2, 0.25) is 0 Å². The largest absolute Gasteiger partial charge is 0.405 e. The molecule has 5 heteroatoms. The molecule has 0 amide bonds. The molecule has 14 heavy (non-hydrogen) atoms. The number of hydrogen-bond acceptors (Lipinski definition) is 3. The molecule has 1 aromatic carbocycles. The molecule has 0 fully saturated rings. The summed E-state index contributed by atoms with van der Waals surface area (Å²) in [6.45, 7) is 0.271. The average Bonchev–Trinajstić information content (AvgIpc) is 2.27. The van der Waals surface area contributed by atoms with E-state index < -0.39 is 7.75 Å². The summed E-state index contributed by atoms with van der Waals surface area (Å²) in [6.07, 6.45) is 0. The van der Waals surface area contributed by atoms with Crippen molar-refractivity contribution in [1.82, 2.24) is 5.09 Å². The Morgan fingerprint density at radius 2 is 2.00 bits per heavy atom. The predicted octanol–water partition coefficient (Wildman–Crippen LogP) is 2.18. The summed E-state index contributed by atoms with van der Waals surface area (Å²) in [5, 5.41) is 2.51. The first-order valence-electron chi connectivity index (χ1n) is 4.23. The van der Waals surface area contributed by atoms with Crippen molar-refractivity contribution in [2.75, 3.05) is 14.2 Å². The molecule has 0 saturated heterocycles. The molecule has 0 saturated carbocycles. The van der Waals surface area contributed by atoms with Gasteiger partial charge in [-0.2, -0.15) is 0 Å². The molecule has 78 valence electrons. The summed E-state index contributed by atoms with van der Waals surface area (Å²) < 4.78 is 21.4. The minimum atomic E-state index is -3.10. The summed E-state index contributed by atoms with van der Waals surface area (Å²) in [7, 11) is -0.210. The van der Waals surface area contributed by atoms with Crippen LogP contribution in [0.5, 0.6) is 0 Å². The highest BCUT2D eigenvalue weighted by Crippen LogP contribution is 2.42. The first kappa shape index (κ1) is 11.4. The Kier molecular flexibility index (Phi) is 4.29. The minimum absolute atomic E-state index is 0.271. The first-order valence-corrected chi connectivity index (χ1v) is 5.78. The fraction of sp³-hybridized carbons (Fsp3) is 0.333. The summed E-state index contributed by atoms with van der Waals surface area (Å²) in [5.74, 6) is 0. The maximum Gasteiger partial charge on any atom is 0.405 e. The third-order valence-electron chi connectivity index (χ3n) is 1.76. The molecule has 0 aliphatic rings. The fourth-order valence-corrected chi connectivity index (χ4v) is 1.68. The van der Waals surface area contributed by atoms with Crippen LogP contribution in [0.15, 0.2) is 30.3 Å². The van der Waals surface area contributed by atoms with Crippen LogP contribution in [0.3, 0.4) is 0 Å². The summed E-state index contributed by atoms with van der Waals surface area (Å²) in [4.78, 5) is 0. The van der Waals surface area contributed by atoms with Crippen LogP contribution in [-0.4, -0.2) is 14.2 Å². The lowest BCUT2D eigenvalue weighted by molar-refractivity contribution is 0.218. The van der Waals surface area contributed by atoms with Gasteiger partial charge in [-0.3, -0.25) is 4.52 Å². The van der Waals surface area contributed by atoms with E-state index in [0.29, 0.717) is 0 Å². The lowest BCUT2D eigenvalue weighted by Gasteiger charge is -2.14. The average molecular weight is 215 g/mol. The van der Waals surface area contributed by atoms with Crippen molar-refractivity contribution in [1.29, 1.82) is 0 Å². The molecular formula is C9H14NO3P. The molecule has 0 bridgehead atoms. The van der Waals surface area contributed by atoms with E-state index in [1.165, 1.54) is 14.2 Å². The molecule has 1 unspecified atom stereocenters. The van der Waals surface area contributed by atoms with Gasteiger partial charge in [0.2, 0.25) is 0 Å². The topological polar surface area (TPSA) is 47.6 Å². The fourth-order valence-electron chi connectivity index (χ4n) is 0.942. The second-order valence-electron chi connectivity index (χ2n) is 2.66. The van der Waals surface area contributed by atoms with Gasteiger partial charge in [-0.1, -0.05) is 30.3 Å². The zero-order valence-corrected chi connectivity index (χ0v) is 9.16. The highest BCUT2D eigenvalue weighted by atomic mass is 31.2. The predicted molar refractivity (Wildman–Crippen MR) is 54.9 cm³/mol. The first-order chi connectivity index (χ1) is 6.70. The molecule has 0 heterocycles. The van der Waals surface area contributed by atoms with Crippen LogP contribution in [0.1, 0.15) is 5.56 Å². The van der Waals surface area contributed by atoms with Crippen LogP contribution in [-0.2, 0) is 20.2 Å². The Morgan fingerprint density at radius 1 is 1.36 bits per heavy atom. The van der Waals surface area contributed by atoms with E-state index in [-0.39, 0.29) is 6.61 Å². The Hall–Kier alpha value is -0.670. The van der Waals surface area contributed by atoms with Crippen LogP contribution in [0.4, 0.5) is 0 Å². The SMILES string of the molecule is CNP(=O)(OC)OCc1ccccc1. The minimum Gasteiger partial charge on any atom is -0.300 e. The van der Waals surface area contributed by atoms with Gasteiger partial charge in [0, 0.05) is 7.11 Å². The van der Waals surface area contributed by atoms with Crippen molar-refractivity contribution < 1.29 is 13.6 Å². The summed E-state index contributed by atoms with van der Waals surface area (Å²) in [6, 6.07) is 9.51. The second kappa shape index (κ2) is 5.27. The van der Waals surface area contributed by atoms with Crippen molar-refractivity contribution in [3.63, 3.8) is 0 Å². The van der Waals surface area contributed by atoms with Crippen LogP contribution >= 0.6 is 7.75 Å². The highest BCUT2D eigenvalue weighted by Gasteiger charge is 2.19. The van der Waals surface area contributed by atoms with Crippen LogP contribution < -0.4 is 5.09 Å². The van der Waals surface area contributed by atoms with Crippen molar-refractivity contribution in [2.24, 2.45) is 0 Å². The molecule has 0 aliphatic carbocycles. The maximum atomic E-state index is 11.6. The number of nitrogens with one attached hydrogen (secondary N) is 1. The van der Waals surface area contributed by atoms with E-state index >= 15 is 0 Å². The third kappa shape index (κ3) is 3.24. The Labute approximate surface area is 83.8 Å². The van der Waals surface area contributed by atoms with Crippen molar-refractivity contribution in [2.45, 2.75) is 6.61 Å². The third-order valence-corrected chi connectivity index (χ3v) is 3.26. The molecule has 1 rings (SSSR count). The molecule has 0 aliphatic heterocycles. The molecule has 0 aromatic heterocycles. The zero-order valence-electron chi connectivity index (χ0n) is 8.27. The van der Waals surface area contributed by atoms with Crippen molar-refractivity contribution in [3.05, 3.63) is 35.9 Å². The number of hydrogen-bond donors (Lipinski definition) is 1. The van der Waals surface area contributed by atoms with Gasteiger partial charge in [-0.15, -0.1) is 0 Å². The highest BCUT2D eigenvalue weighted by molar-refractivity contribution is 7.51. The Balaban J connectivity index is 2.52. The van der Waals surface area contributed by atoms with Gasteiger partial charge in [0.1, 0.15) is 0 Å². The normalized spacial score (nSPS) is 15.0. The van der Waals surface area contributed by atoms with E-state index in [9.17, 15) is 4.57 Å². The van der Waals surface area contributed by atoms with Gasteiger partial charge in [0.15, 0.2) is 0 Å². The quantitative estimate of drug-likeness (QED) is 0.765. The molecule has 0 spiro atoms. The molecular weight excluding hydrogens is 201 g/mol. The second-order valence-corrected chi connectivity index (χ2v) is 4.73. The Bertz CT molecular complexity index is 307. The molecule has 1 atom stereocenters. The summed E-state index contributed by atoms with van der Waals surface area (Å²) in [5.41, 5.74) is 0.958. The van der Waals surface area contributed by atoms with Crippen LogP contribution in [0.25, 0.3) is 0 Å². The van der Waals surface area contributed by atoms with Crippen molar-refractivity contribution in [3.8, 4) is 0 Å². The Morgan fingerprint density at radius 3 is 2.50 bits per heavy atom. The van der Waals surface area contributed by atoms with Gasteiger partial charge < -0.3 is 4.52 Å². The number of rotatable bonds is 5. The van der Waals surface area contributed by atoms with Gasteiger partial charge in [-0.25, -0.2) is 9.65 Å². The molecule has 1 N–H and O–H groups in total. The van der Waals surface area contributed by atoms with Crippen LogP contribution in [0, 0.1) is 0 Å². The smallest absolute Gasteiger partial charge is 0.300 e. The van der Waals surface area contributed by atoms with Crippen molar-refractivity contribution >= 4 is 7.75 Å². The molecule has 1 aromatic rings. The lowest BCUT2D eigenvalue weighted by Crippen LogP contribution is -2.07. The van der Waals surface area contributed by atoms with Gasteiger partial charge in [0.05, 0.1) is 6.61 Å². The van der Waals surface area contributed by atoms with Gasteiger partial charge >= 0.3 is 7.75 Å². The van der Waals surface area contributed by atoms with Gasteiger partial charge in [-0.05, 0) is 12.6 Å². The zero-order chi connectivity index (χ0) is 10.4.